The van der Waals surface area contributed by atoms with Crippen LogP contribution in [-0.4, -0.2) is 20.9 Å². The molecule has 15 heavy (non-hydrogen) atoms. The van der Waals surface area contributed by atoms with Crippen LogP contribution in [0.3, 0.4) is 0 Å². The minimum absolute atomic E-state index is 0.425. The first-order chi connectivity index (χ1) is 7.04. The van der Waals surface area contributed by atoms with Crippen LogP contribution >= 0.6 is 0 Å². The van der Waals surface area contributed by atoms with E-state index in [0.717, 1.165) is 12.1 Å². The predicted molar refractivity (Wildman–Crippen MR) is 57.7 cm³/mol. The summed E-state index contributed by atoms with van der Waals surface area (Å²) < 4.78 is 1.81. The van der Waals surface area contributed by atoms with Crippen LogP contribution in [-0.2, 0) is 11.3 Å². The van der Waals surface area contributed by atoms with Gasteiger partial charge in [0.1, 0.15) is 0 Å². The summed E-state index contributed by atoms with van der Waals surface area (Å²) in [5.41, 5.74) is 0.797. The van der Waals surface area contributed by atoms with Gasteiger partial charge in [0.2, 0.25) is 0 Å². The van der Waals surface area contributed by atoms with Crippen molar-refractivity contribution in [2.75, 3.05) is 0 Å². The molecule has 1 N–H and O–H groups in total. The maximum absolute atomic E-state index is 10.9. The van der Waals surface area contributed by atoms with Crippen molar-refractivity contribution in [3.05, 3.63) is 18.0 Å². The molecule has 1 heterocycles. The molecule has 0 radical (unpaired) electrons. The number of aromatic nitrogens is 2. The SMILES string of the molecule is CCC(C(=O)O)c1cnn(CC(C)C)c1. The van der Waals surface area contributed by atoms with Gasteiger partial charge in [-0.2, -0.15) is 5.10 Å². The van der Waals surface area contributed by atoms with E-state index in [1.807, 2.05) is 17.8 Å². The minimum Gasteiger partial charge on any atom is -0.481 e. The second kappa shape index (κ2) is 4.96. The Kier molecular flexibility index (Phi) is 3.88. The molecule has 1 atom stereocenters. The Bertz CT molecular complexity index is 331. The van der Waals surface area contributed by atoms with E-state index in [9.17, 15) is 4.79 Å². The lowest BCUT2D eigenvalue weighted by atomic mass is 10.0. The highest BCUT2D eigenvalue weighted by molar-refractivity contribution is 5.75. The average molecular weight is 210 g/mol. The summed E-state index contributed by atoms with van der Waals surface area (Å²) in [4.78, 5) is 10.9. The van der Waals surface area contributed by atoms with E-state index < -0.39 is 11.9 Å². The first kappa shape index (κ1) is 11.8. The molecular weight excluding hydrogens is 192 g/mol. The van der Waals surface area contributed by atoms with Crippen LogP contribution in [0.25, 0.3) is 0 Å². The first-order valence-electron chi connectivity index (χ1n) is 5.29. The van der Waals surface area contributed by atoms with Gasteiger partial charge in [-0.05, 0) is 12.3 Å². The zero-order valence-electron chi connectivity index (χ0n) is 9.47. The standard InChI is InChI=1S/C11H18N2O2/c1-4-10(11(14)15)9-5-12-13(7-9)6-8(2)3/h5,7-8,10H,4,6H2,1-3H3,(H,14,15). The normalized spacial score (nSPS) is 13.1. The van der Waals surface area contributed by atoms with Gasteiger partial charge >= 0.3 is 5.97 Å². The van der Waals surface area contributed by atoms with Crippen molar-refractivity contribution in [3.8, 4) is 0 Å². The Labute approximate surface area is 89.9 Å². The molecule has 0 spiro atoms. The predicted octanol–water partition coefficient (Wildman–Crippen LogP) is 2.12. The molecule has 1 aromatic heterocycles. The molecule has 0 aromatic carbocycles. The van der Waals surface area contributed by atoms with Gasteiger partial charge in [-0.3, -0.25) is 9.48 Å². The summed E-state index contributed by atoms with van der Waals surface area (Å²) in [5.74, 6) is -0.685. The van der Waals surface area contributed by atoms with Crippen molar-refractivity contribution in [1.29, 1.82) is 0 Å². The second-order valence-corrected chi connectivity index (χ2v) is 4.19. The zero-order chi connectivity index (χ0) is 11.4. The molecule has 0 aliphatic heterocycles. The number of carboxylic acids is 1. The lowest BCUT2D eigenvalue weighted by Crippen LogP contribution is -2.10. The van der Waals surface area contributed by atoms with Gasteiger partial charge in [0.15, 0.2) is 0 Å². The topological polar surface area (TPSA) is 55.1 Å². The van der Waals surface area contributed by atoms with Crippen molar-refractivity contribution in [3.63, 3.8) is 0 Å². The van der Waals surface area contributed by atoms with Crippen LogP contribution in [0.15, 0.2) is 12.4 Å². The Balaban J connectivity index is 2.78. The second-order valence-electron chi connectivity index (χ2n) is 4.19. The summed E-state index contributed by atoms with van der Waals surface area (Å²) in [6.07, 6.45) is 4.09. The van der Waals surface area contributed by atoms with Gasteiger partial charge in [-0.15, -0.1) is 0 Å². The fraction of sp³-hybridized carbons (Fsp3) is 0.636. The molecule has 0 saturated heterocycles. The Morgan fingerprint density at radius 2 is 2.27 bits per heavy atom. The van der Waals surface area contributed by atoms with Crippen LogP contribution in [0.5, 0.6) is 0 Å². The molecule has 84 valence electrons. The van der Waals surface area contributed by atoms with Crippen LogP contribution < -0.4 is 0 Å². The van der Waals surface area contributed by atoms with Crippen LogP contribution in [0.4, 0.5) is 0 Å². The summed E-state index contributed by atoms with van der Waals surface area (Å²) in [6.45, 7) is 6.92. The molecular formula is C11H18N2O2. The first-order valence-corrected chi connectivity index (χ1v) is 5.29. The van der Waals surface area contributed by atoms with Gasteiger partial charge in [-0.25, -0.2) is 0 Å². The Morgan fingerprint density at radius 1 is 1.60 bits per heavy atom. The summed E-state index contributed by atoms with van der Waals surface area (Å²) in [6, 6.07) is 0. The van der Waals surface area contributed by atoms with E-state index in [-0.39, 0.29) is 0 Å². The number of rotatable bonds is 5. The van der Waals surface area contributed by atoms with Crippen molar-refractivity contribution < 1.29 is 9.90 Å². The molecule has 4 heteroatoms. The minimum atomic E-state index is -0.776. The van der Waals surface area contributed by atoms with Gasteiger partial charge in [0.25, 0.3) is 0 Å². The molecule has 0 aliphatic carbocycles. The van der Waals surface area contributed by atoms with Crippen molar-refractivity contribution in [2.24, 2.45) is 5.92 Å². The lowest BCUT2D eigenvalue weighted by Gasteiger charge is -2.06. The molecule has 0 aliphatic rings. The Morgan fingerprint density at radius 3 is 2.73 bits per heavy atom. The monoisotopic (exact) mass is 210 g/mol. The Hall–Kier alpha value is -1.32. The number of aliphatic carboxylic acids is 1. The third-order valence-corrected chi connectivity index (χ3v) is 2.31. The maximum Gasteiger partial charge on any atom is 0.311 e. The van der Waals surface area contributed by atoms with E-state index in [2.05, 4.69) is 18.9 Å². The molecule has 0 saturated carbocycles. The fourth-order valence-electron chi connectivity index (χ4n) is 1.59. The molecule has 4 nitrogen and oxygen atoms in total. The highest BCUT2D eigenvalue weighted by Gasteiger charge is 2.19. The van der Waals surface area contributed by atoms with E-state index in [1.54, 1.807) is 6.20 Å². The van der Waals surface area contributed by atoms with Crippen molar-refractivity contribution in [2.45, 2.75) is 39.7 Å². The van der Waals surface area contributed by atoms with Crippen LogP contribution in [0.1, 0.15) is 38.7 Å². The number of nitrogens with zero attached hydrogens (tertiary/aromatic N) is 2. The average Bonchev–Trinajstić information content (AvgIpc) is 2.52. The van der Waals surface area contributed by atoms with Gasteiger partial charge in [-0.1, -0.05) is 20.8 Å². The maximum atomic E-state index is 10.9. The lowest BCUT2D eigenvalue weighted by molar-refractivity contribution is -0.138. The van der Waals surface area contributed by atoms with Gasteiger partial charge < -0.3 is 5.11 Å². The molecule has 1 rings (SSSR count). The van der Waals surface area contributed by atoms with E-state index in [1.165, 1.54) is 0 Å². The van der Waals surface area contributed by atoms with E-state index >= 15 is 0 Å². The van der Waals surface area contributed by atoms with E-state index in [0.29, 0.717) is 12.3 Å². The van der Waals surface area contributed by atoms with Crippen LogP contribution in [0.2, 0.25) is 0 Å². The van der Waals surface area contributed by atoms with Gasteiger partial charge in [0.05, 0.1) is 12.1 Å². The third kappa shape index (κ3) is 3.08. The smallest absolute Gasteiger partial charge is 0.311 e. The van der Waals surface area contributed by atoms with Crippen LogP contribution in [0, 0.1) is 5.92 Å². The van der Waals surface area contributed by atoms with Crippen molar-refractivity contribution >= 4 is 5.97 Å². The largest absolute Gasteiger partial charge is 0.481 e. The number of carboxylic acid groups (broad SMARTS) is 1. The summed E-state index contributed by atoms with van der Waals surface area (Å²) >= 11 is 0. The molecule has 0 bridgehead atoms. The number of hydrogen-bond acceptors (Lipinski definition) is 2. The third-order valence-electron chi connectivity index (χ3n) is 2.31. The highest BCUT2D eigenvalue weighted by atomic mass is 16.4. The molecule has 1 aromatic rings. The number of hydrogen-bond donors (Lipinski definition) is 1. The molecule has 0 amide bonds. The molecule has 1 unspecified atom stereocenters. The van der Waals surface area contributed by atoms with Crippen molar-refractivity contribution in [1.82, 2.24) is 9.78 Å². The van der Waals surface area contributed by atoms with Gasteiger partial charge in [0, 0.05) is 18.3 Å². The summed E-state index contributed by atoms with van der Waals surface area (Å²) in [7, 11) is 0. The highest BCUT2D eigenvalue weighted by Crippen LogP contribution is 2.19. The quantitative estimate of drug-likeness (QED) is 0.809. The number of carbonyl (C=O) groups is 1. The fourth-order valence-corrected chi connectivity index (χ4v) is 1.59. The summed E-state index contributed by atoms with van der Waals surface area (Å²) in [5, 5.41) is 13.1. The zero-order valence-corrected chi connectivity index (χ0v) is 9.47. The van der Waals surface area contributed by atoms with E-state index in [4.69, 9.17) is 5.11 Å². The molecule has 0 fully saturated rings.